The highest BCUT2D eigenvalue weighted by Gasteiger charge is 2.49. The maximum absolute atomic E-state index is 13.7. The summed E-state index contributed by atoms with van der Waals surface area (Å²) in [5.41, 5.74) is 4.46. The second-order valence-electron chi connectivity index (χ2n) is 10.3. The van der Waals surface area contributed by atoms with Gasteiger partial charge in [-0.1, -0.05) is 53.7 Å². The number of carbonyl (C=O) groups excluding carboxylic acids is 2. The molecule has 2 bridgehead atoms. The lowest BCUT2D eigenvalue weighted by Gasteiger charge is -2.51. The average Bonchev–Trinajstić information content (AvgIpc) is 3.26. The lowest BCUT2D eigenvalue weighted by molar-refractivity contribution is -0.938. The Hall–Kier alpha value is -3.45. The van der Waals surface area contributed by atoms with Crippen LogP contribution in [0, 0.1) is 12.8 Å². The van der Waals surface area contributed by atoms with E-state index < -0.39 is 5.92 Å². The van der Waals surface area contributed by atoms with Gasteiger partial charge in [-0.3, -0.25) is 9.59 Å². The number of anilines is 1. The lowest BCUT2D eigenvalue weighted by Crippen LogP contribution is -2.66. The van der Waals surface area contributed by atoms with Crippen LogP contribution in [0.15, 0.2) is 59.1 Å². The van der Waals surface area contributed by atoms with Crippen molar-refractivity contribution in [2.45, 2.75) is 38.2 Å². The number of ether oxygens (including phenoxy) is 1. The number of amides is 1. The van der Waals surface area contributed by atoms with E-state index >= 15 is 0 Å². The molecule has 1 aliphatic carbocycles. The van der Waals surface area contributed by atoms with E-state index in [4.69, 9.17) is 9.26 Å². The smallest absolute Gasteiger partial charge is 0.318 e. The van der Waals surface area contributed by atoms with Crippen LogP contribution in [0.5, 0.6) is 0 Å². The van der Waals surface area contributed by atoms with Crippen LogP contribution in [0.25, 0.3) is 0 Å². The third-order valence-corrected chi connectivity index (χ3v) is 8.03. The van der Waals surface area contributed by atoms with Crippen molar-refractivity contribution in [2.24, 2.45) is 5.92 Å². The summed E-state index contributed by atoms with van der Waals surface area (Å²) in [7, 11) is 0. The minimum absolute atomic E-state index is 0.0844. The van der Waals surface area contributed by atoms with Crippen LogP contribution in [-0.4, -0.2) is 53.8 Å². The molecule has 0 radical (unpaired) electrons. The molecule has 7 rings (SSSR count). The van der Waals surface area contributed by atoms with Gasteiger partial charge in [0, 0.05) is 24.8 Å². The van der Waals surface area contributed by atoms with Crippen LogP contribution in [0.1, 0.15) is 46.8 Å². The second-order valence-corrected chi connectivity index (χ2v) is 10.3. The molecule has 1 aromatic heterocycles. The number of benzene rings is 2. The quantitative estimate of drug-likeness (QED) is 0.451. The van der Waals surface area contributed by atoms with E-state index in [-0.39, 0.29) is 18.0 Å². The highest BCUT2D eigenvalue weighted by Crippen LogP contribution is 2.40. The Morgan fingerprint density at radius 2 is 1.71 bits per heavy atom. The molecule has 0 unspecified atom stereocenters. The van der Waals surface area contributed by atoms with Crippen molar-refractivity contribution in [3.8, 4) is 0 Å². The molecule has 4 heterocycles. The predicted molar refractivity (Wildman–Crippen MR) is 130 cm³/mol. The van der Waals surface area contributed by atoms with E-state index in [0.29, 0.717) is 35.1 Å². The standard InChI is InChI=1S/C28H29N3O4/c1-18-14-25(30-35-18)29-26(32)17-31-12-10-19(11-13-31)24(16-31)34-28(33)27-22-8-4-2-6-20(22)15-21-7-3-5-9-23(21)27/h2-9,14,19,24,27H,10-13,15-17H2,1H3/p+1/t19?,24-,31?/m0/s1. The zero-order chi connectivity index (χ0) is 24.0. The Morgan fingerprint density at radius 1 is 1.06 bits per heavy atom. The molecule has 35 heavy (non-hydrogen) atoms. The molecule has 7 heteroatoms. The molecule has 3 fully saturated rings. The van der Waals surface area contributed by atoms with Crippen LogP contribution in [0.4, 0.5) is 5.82 Å². The van der Waals surface area contributed by atoms with E-state index in [1.54, 1.807) is 13.0 Å². The predicted octanol–water partition coefficient (Wildman–Crippen LogP) is 3.81. The Morgan fingerprint density at radius 3 is 2.34 bits per heavy atom. The summed E-state index contributed by atoms with van der Waals surface area (Å²) in [5, 5.41) is 6.72. The first kappa shape index (κ1) is 22.0. The summed E-state index contributed by atoms with van der Waals surface area (Å²) < 4.78 is 12.0. The highest BCUT2D eigenvalue weighted by atomic mass is 16.5. The van der Waals surface area contributed by atoms with Gasteiger partial charge in [0.25, 0.3) is 5.91 Å². The Kier molecular flexibility index (Phi) is 5.44. The topological polar surface area (TPSA) is 81.4 Å². The Bertz CT molecular complexity index is 1230. The maximum atomic E-state index is 13.7. The van der Waals surface area contributed by atoms with Gasteiger partial charge in [0.2, 0.25) is 0 Å². The zero-order valence-corrected chi connectivity index (χ0v) is 19.9. The fourth-order valence-corrected chi connectivity index (χ4v) is 6.29. The number of carbonyl (C=O) groups is 2. The number of nitrogens with one attached hydrogen (secondary N) is 1. The number of aromatic nitrogens is 1. The summed E-state index contributed by atoms with van der Waals surface area (Å²) in [6.07, 6.45) is 2.59. The molecule has 1 amide bonds. The summed E-state index contributed by atoms with van der Waals surface area (Å²) in [6, 6.07) is 18.1. The molecule has 1 atom stereocenters. The van der Waals surface area contributed by atoms with Crippen molar-refractivity contribution in [1.29, 1.82) is 0 Å². The normalized spacial score (nSPS) is 24.9. The zero-order valence-electron chi connectivity index (χ0n) is 19.9. The molecule has 7 nitrogen and oxygen atoms in total. The van der Waals surface area contributed by atoms with Crippen molar-refractivity contribution in [3.05, 3.63) is 82.6 Å². The van der Waals surface area contributed by atoms with Gasteiger partial charge in [0.15, 0.2) is 18.5 Å². The number of fused-ring (bicyclic) bond motifs is 5. The SMILES string of the molecule is Cc1cc(NC(=O)C[N+]23CCC(CC2)[C@@H](OC(=O)C2c4ccccc4Cc4ccccc42)C3)no1. The second kappa shape index (κ2) is 8.64. The first-order chi connectivity index (χ1) is 17.0. The molecule has 2 aromatic carbocycles. The highest BCUT2D eigenvalue weighted by molar-refractivity contribution is 5.90. The number of piperidine rings is 3. The van der Waals surface area contributed by atoms with E-state index in [9.17, 15) is 9.59 Å². The van der Waals surface area contributed by atoms with Crippen LogP contribution in [-0.2, 0) is 20.7 Å². The van der Waals surface area contributed by atoms with Gasteiger partial charge in [-0.05, 0) is 35.6 Å². The van der Waals surface area contributed by atoms with E-state index in [1.807, 2.05) is 24.3 Å². The Labute approximate surface area is 204 Å². The number of hydrogen-bond donors (Lipinski definition) is 1. The van der Waals surface area contributed by atoms with Crippen molar-refractivity contribution in [3.63, 3.8) is 0 Å². The van der Waals surface area contributed by atoms with Gasteiger partial charge >= 0.3 is 5.97 Å². The van der Waals surface area contributed by atoms with Crippen LogP contribution >= 0.6 is 0 Å². The molecule has 0 saturated carbocycles. The molecule has 1 N–H and O–H groups in total. The third kappa shape index (κ3) is 4.14. The molecule has 0 spiro atoms. The monoisotopic (exact) mass is 472 g/mol. The number of nitrogens with zero attached hydrogens (tertiary/aromatic N) is 2. The fraction of sp³-hybridized carbons (Fsp3) is 0.393. The maximum Gasteiger partial charge on any atom is 0.318 e. The summed E-state index contributed by atoms with van der Waals surface area (Å²) in [5.74, 6) is 0.787. The first-order valence-corrected chi connectivity index (χ1v) is 12.4. The molecular formula is C28H30N3O4+. The van der Waals surface area contributed by atoms with Crippen molar-refractivity contribution in [2.75, 3.05) is 31.5 Å². The fourth-order valence-electron chi connectivity index (χ4n) is 6.29. The van der Waals surface area contributed by atoms with E-state index in [2.05, 4.69) is 34.7 Å². The van der Waals surface area contributed by atoms with Crippen molar-refractivity contribution < 1.29 is 23.3 Å². The number of quaternary nitrogens is 1. The summed E-state index contributed by atoms with van der Waals surface area (Å²) in [6.45, 7) is 4.68. The van der Waals surface area contributed by atoms with Gasteiger partial charge in [0.05, 0.1) is 13.1 Å². The van der Waals surface area contributed by atoms with Gasteiger partial charge in [-0.25, -0.2) is 0 Å². The number of rotatable bonds is 5. The third-order valence-electron chi connectivity index (χ3n) is 8.03. The van der Waals surface area contributed by atoms with Crippen LogP contribution in [0.2, 0.25) is 0 Å². The van der Waals surface area contributed by atoms with Crippen molar-refractivity contribution >= 4 is 17.7 Å². The molecule has 3 aliphatic heterocycles. The summed E-state index contributed by atoms with van der Waals surface area (Å²) in [4.78, 5) is 26.5. The van der Waals surface area contributed by atoms with Crippen molar-refractivity contribution in [1.82, 2.24) is 5.16 Å². The lowest BCUT2D eigenvalue weighted by atomic mass is 9.78. The van der Waals surface area contributed by atoms with Crippen LogP contribution in [0.3, 0.4) is 0 Å². The van der Waals surface area contributed by atoms with E-state index in [1.165, 1.54) is 11.1 Å². The average molecular weight is 473 g/mol. The molecule has 3 aromatic rings. The minimum Gasteiger partial charge on any atom is -0.455 e. The number of aryl methyl sites for hydroxylation is 1. The molecular weight excluding hydrogens is 442 g/mol. The summed E-state index contributed by atoms with van der Waals surface area (Å²) >= 11 is 0. The molecule has 3 saturated heterocycles. The van der Waals surface area contributed by atoms with Gasteiger partial charge in [-0.2, -0.15) is 0 Å². The van der Waals surface area contributed by atoms with E-state index in [0.717, 1.165) is 43.5 Å². The largest absolute Gasteiger partial charge is 0.455 e. The first-order valence-electron chi connectivity index (χ1n) is 12.4. The Balaban J connectivity index is 1.19. The number of esters is 1. The van der Waals surface area contributed by atoms with Gasteiger partial charge in [-0.15, -0.1) is 0 Å². The molecule has 180 valence electrons. The molecule has 4 aliphatic rings. The van der Waals surface area contributed by atoms with Gasteiger partial charge in [0.1, 0.15) is 18.2 Å². The number of hydrogen-bond acceptors (Lipinski definition) is 5. The minimum atomic E-state index is -0.404. The van der Waals surface area contributed by atoms with Gasteiger partial charge < -0.3 is 19.1 Å². The van der Waals surface area contributed by atoms with Crippen LogP contribution < -0.4 is 5.32 Å².